The molecule has 1 aromatic carbocycles. The summed E-state index contributed by atoms with van der Waals surface area (Å²) in [6.45, 7) is 2.17. The van der Waals surface area contributed by atoms with Gasteiger partial charge in [0.05, 0.1) is 4.99 Å². The molecule has 1 fully saturated rings. The van der Waals surface area contributed by atoms with Crippen LogP contribution in [0.15, 0.2) is 24.3 Å². The van der Waals surface area contributed by atoms with E-state index in [1.165, 1.54) is 31.4 Å². The van der Waals surface area contributed by atoms with Gasteiger partial charge in [-0.15, -0.1) is 0 Å². The smallest absolute Gasteiger partial charge is 0.123 e. The molecule has 1 nitrogen and oxygen atoms in total. The van der Waals surface area contributed by atoms with Crippen molar-refractivity contribution in [1.29, 1.82) is 0 Å². The number of halogens is 1. The summed E-state index contributed by atoms with van der Waals surface area (Å²) < 4.78 is 12.7. The van der Waals surface area contributed by atoms with Gasteiger partial charge in [0.1, 0.15) is 5.82 Å². The number of nitrogens with zero attached hydrogens (tertiary/aromatic N) is 1. The van der Waals surface area contributed by atoms with Crippen LogP contribution in [0, 0.1) is 5.82 Å². The van der Waals surface area contributed by atoms with E-state index in [1.807, 2.05) is 12.1 Å². The van der Waals surface area contributed by atoms with Crippen LogP contribution in [0.2, 0.25) is 0 Å². The van der Waals surface area contributed by atoms with Gasteiger partial charge in [0, 0.05) is 19.5 Å². The van der Waals surface area contributed by atoms with E-state index in [9.17, 15) is 4.39 Å². The van der Waals surface area contributed by atoms with Gasteiger partial charge in [-0.25, -0.2) is 4.39 Å². The number of rotatable bonds is 2. The quantitative estimate of drug-likeness (QED) is 0.727. The summed E-state index contributed by atoms with van der Waals surface area (Å²) in [5, 5.41) is 0. The van der Waals surface area contributed by atoms with Crippen LogP contribution in [0.4, 0.5) is 4.39 Å². The van der Waals surface area contributed by atoms with Crippen molar-refractivity contribution in [2.24, 2.45) is 0 Å². The minimum Gasteiger partial charge on any atom is -0.366 e. The Morgan fingerprint density at radius 3 is 2.38 bits per heavy atom. The molecule has 0 aliphatic carbocycles. The van der Waals surface area contributed by atoms with Crippen molar-refractivity contribution in [3.05, 3.63) is 35.6 Å². The van der Waals surface area contributed by atoms with E-state index in [-0.39, 0.29) is 5.82 Å². The molecule has 0 bridgehead atoms. The van der Waals surface area contributed by atoms with Crippen LogP contribution in [-0.2, 0) is 6.42 Å². The van der Waals surface area contributed by atoms with E-state index < -0.39 is 0 Å². The lowest BCUT2D eigenvalue weighted by atomic mass is 10.1. The fourth-order valence-electron chi connectivity index (χ4n) is 2.03. The molecule has 16 heavy (non-hydrogen) atoms. The highest BCUT2D eigenvalue weighted by molar-refractivity contribution is 7.80. The van der Waals surface area contributed by atoms with E-state index in [1.54, 1.807) is 0 Å². The SMILES string of the molecule is Fc1ccc(CC(=S)N2CCCCC2)cc1. The van der Waals surface area contributed by atoms with Crippen LogP contribution in [0.1, 0.15) is 24.8 Å². The summed E-state index contributed by atoms with van der Waals surface area (Å²) >= 11 is 5.42. The maximum atomic E-state index is 12.7. The minimum absolute atomic E-state index is 0.187. The average molecular weight is 237 g/mol. The van der Waals surface area contributed by atoms with Gasteiger partial charge in [-0.1, -0.05) is 24.4 Å². The Morgan fingerprint density at radius 2 is 1.75 bits per heavy atom. The molecule has 1 aliphatic heterocycles. The highest BCUT2D eigenvalue weighted by Crippen LogP contribution is 2.12. The van der Waals surface area contributed by atoms with E-state index in [4.69, 9.17) is 12.2 Å². The van der Waals surface area contributed by atoms with Crippen LogP contribution in [0.3, 0.4) is 0 Å². The van der Waals surface area contributed by atoms with E-state index in [0.717, 1.165) is 30.1 Å². The van der Waals surface area contributed by atoms with E-state index in [0.29, 0.717) is 0 Å². The van der Waals surface area contributed by atoms with Crippen molar-refractivity contribution in [2.75, 3.05) is 13.1 Å². The zero-order valence-corrected chi connectivity index (χ0v) is 10.1. The van der Waals surface area contributed by atoms with Gasteiger partial charge in [-0.3, -0.25) is 0 Å². The molecule has 1 aliphatic rings. The van der Waals surface area contributed by atoms with Crippen LogP contribution < -0.4 is 0 Å². The summed E-state index contributed by atoms with van der Waals surface area (Å²) in [6, 6.07) is 6.61. The maximum Gasteiger partial charge on any atom is 0.123 e. The third-order valence-electron chi connectivity index (χ3n) is 2.98. The minimum atomic E-state index is -0.187. The largest absolute Gasteiger partial charge is 0.366 e. The first kappa shape index (κ1) is 11.5. The molecule has 0 unspecified atom stereocenters. The lowest BCUT2D eigenvalue weighted by molar-refractivity contribution is 0.343. The summed E-state index contributed by atoms with van der Waals surface area (Å²) in [5.41, 5.74) is 1.09. The number of likely N-dealkylation sites (tertiary alicyclic amines) is 1. The maximum absolute atomic E-state index is 12.7. The fraction of sp³-hybridized carbons (Fsp3) is 0.462. The average Bonchev–Trinajstić information content (AvgIpc) is 2.33. The third kappa shape index (κ3) is 3.01. The van der Waals surface area contributed by atoms with Crippen molar-refractivity contribution in [3.8, 4) is 0 Å². The lowest BCUT2D eigenvalue weighted by Crippen LogP contribution is -2.35. The monoisotopic (exact) mass is 237 g/mol. The van der Waals surface area contributed by atoms with Crippen molar-refractivity contribution in [3.63, 3.8) is 0 Å². The first-order valence-electron chi connectivity index (χ1n) is 5.78. The van der Waals surface area contributed by atoms with Crippen molar-refractivity contribution in [2.45, 2.75) is 25.7 Å². The van der Waals surface area contributed by atoms with Gasteiger partial charge in [-0.05, 0) is 37.0 Å². The van der Waals surface area contributed by atoms with Gasteiger partial charge in [0.2, 0.25) is 0 Å². The Hall–Kier alpha value is -0.960. The van der Waals surface area contributed by atoms with Gasteiger partial charge in [-0.2, -0.15) is 0 Å². The molecule has 0 amide bonds. The summed E-state index contributed by atoms with van der Waals surface area (Å²) in [4.78, 5) is 3.27. The third-order valence-corrected chi connectivity index (χ3v) is 3.38. The van der Waals surface area contributed by atoms with Crippen LogP contribution in [0.5, 0.6) is 0 Å². The van der Waals surface area contributed by atoms with Gasteiger partial charge >= 0.3 is 0 Å². The van der Waals surface area contributed by atoms with Crippen LogP contribution >= 0.6 is 12.2 Å². The normalized spacial score (nSPS) is 16.2. The highest BCUT2D eigenvalue weighted by atomic mass is 32.1. The first-order chi connectivity index (χ1) is 7.75. The standard InChI is InChI=1S/C13H16FNS/c14-12-6-4-11(5-7-12)10-13(16)15-8-2-1-3-9-15/h4-7H,1-3,8-10H2. The second-order valence-electron chi connectivity index (χ2n) is 4.24. The Balaban J connectivity index is 1.93. The Kier molecular flexibility index (Phi) is 3.88. The number of thiocarbonyl (C=S) groups is 1. The Morgan fingerprint density at radius 1 is 1.12 bits per heavy atom. The molecule has 0 atom stereocenters. The first-order valence-corrected chi connectivity index (χ1v) is 6.19. The number of benzene rings is 1. The molecule has 1 heterocycles. The molecular formula is C13H16FNS. The number of hydrogen-bond acceptors (Lipinski definition) is 1. The molecule has 86 valence electrons. The predicted molar refractivity (Wildman–Crippen MR) is 68.1 cm³/mol. The molecule has 0 radical (unpaired) electrons. The Bertz CT molecular complexity index is 355. The lowest BCUT2D eigenvalue weighted by Gasteiger charge is -2.29. The van der Waals surface area contributed by atoms with E-state index >= 15 is 0 Å². The van der Waals surface area contributed by atoms with Crippen molar-refractivity contribution in [1.82, 2.24) is 4.90 Å². The zero-order chi connectivity index (χ0) is 11.4. The molecule has 0 N–H and O–H groups in total. The molecule has 2 rings (SSSR count). The second kappa shape index (κ2) is 5.39. The van der Waals surface area contributed by atoms with Gasteiger partial charge in [0.15, 0.2) is 0 Å². The van der Waals surface area contributed by atoms with Crippen LogP contribution in [0.25, 0.3) is 0 Å². The number of piperidine rings is 1. The fourth-order valence-corrected chi connectivity index (χ4v) is 2.38. The molecule has 0 spiro atoms. The van der Waals surface area contributed by atoms with E-state index in [2.05, 4.69) is 4.90 Å². The highest BCUT2D eigenvalue weighted by Gasteiger charge is 2.13. The van der Waals surface area contributed by atoms with Crippen LogP contribution in [-0.4, -0.2) is 23.0 Å². The molecule has 1 aromatic rings. The topological polar surface area (TPSA) is 3.24 Å². The predicted octanol–water partition coefficient (Wildman–Crippen LogP) is 3.18. The summed E-state index contributed by atoms with van der Waals surface area (Å²) in [5.74, 6) is -0.187. The molecule has 0 aromatic heterocycles. The van der Waals surface area contributed by atoms with Crippen molar-refractivity contribution >= 4 is 17.2 Å². The van der Waals surface area contributed by atoms with Gasteiger partial charge < -0.3 is 4.90 Å². The molecule has 1 saturated heterocycles. The van der Waals surface area contributed by atoms with Gasteiger partial charge in [0.25, 0.3) is 0 Å². The summed E-state index contributed by atoms with van der Waals surface area (Å²) in [7, 11) is 0. The van der Waals surface area contributed by atoms with Crippen molar-refractivity contribution < 1.29 is 4.39 Å². The molecular weight excluding hydrogens is 221 g/mol. The summed E-state index contributed by atoms with van der Waals surface area (Å²) in [6.07, 6.45) is 4.55. The molecule has 0 saturated carbocycles. The zero-order valence-electron chi connectivity index (χ0n) is 9.29. The number of hydrogen-bond donors (Lipinski definition) is 0. The Labute approximate surface area is 101 Å². The second-order valence-corrected chi connectivity index (χ2v) is 4.72. The molecule has 3 heteroatoms.